The molecular weight excluding hydrogens is 227 g/mol. The highest BCUT2D eigenvalue weighted by Crippen LogP contribution is 2.48. The third-order valence-electron chi connectivity index (χ3n) is 3.68. The second kappa shape index (κ2) is 4.33. The summed E-state index contributed by atoms with van der Waals surface area (Å²) in [5.74, 6) is -3.48. The molecule has 0 amide bonds. The Balaban J connectivity index is 2.53. The molecule has 1 atom stereocenters. The smallest absolute Gasteiger partial charge is 0.270 e. The van der Waals surface area contributed by atoms with Crippen LogP contribution in [0.25, 0.3) is 0 Å². The van der Waals surface area contributed by atoms with Crippen molar-refractivity contribution in [2.75, 3.05) is 7.05 Å². The Bertz CT molecular complexity index is 405. The Morgan fingerprint density at radius 1 is 1.12 bits per heavy atom. The van der Waals surface area contributed by atoms with Crippen LogP contribution in [0.1, 0.15) is 31.2 Å². The van der Waals surface area contributed by atoms with Crippen LogP contribution in [0.5, 0.6) is 0 Å². The maximum absolute atomic E-state index is 14.2. The van der Waals surface area contributed by atoms with E-state index in [4.69, 9.17) is 0 Å². The lowest BCUT2D eigenvalue weighted by atomic mass is 9.73. The number of alkyl halides is 2. The van der Waals surface area contributed by atoms with Crippen LogP contribution in [0, 0.1) is 5.82 Å². The average Bonchev–Trinajstić information content (AvgIpc) is 2.30. The number of hydrogen-bond donors (Lipinski definition) is 1. The van der Waals surface area contributed by atoms with Gasteiger partial charge in [-0.2, -0.15) is 0 Å². The molecular formula is C13H16F3N. The number of benzene rings is 1. The van der Waals surface area contributed by atoms with E-state index in [9.17, 15) is 13.2 Å². The molecule has 1 N–H and O–H groups in total. The Labute approximate surface area is 99.0 Å². The molecule has 1 aliphatic carbocycles. The Morgan fingerprint density at radius 3 is 2.35 bits per heavy atom. The molecule has 1 aromatic carbocycles. The van der Waals surface area contributed by atoms with E-state index >= 15 is 0 Å². The van der Waals surface area contributed by atoms with E-state index < -0.39 is 17.3 Å². The van der Waals surface area contributed by atoms with Gasteiger partial charge in [-0.05, 0) is 26.0 Å². The molecule has 94 valence electrons. The van der Waals surface area contributed by atoms with Crippen molar-refractivity contribution in [2.24, 2.45) is 0 Å². The number of nitrogens with one attached hydrogen (secondary N) is 1. The summed E-state index contributed by atoms with van der Waals surface area (Å²) in [7, 11) is 1.48. The topological polar surface area (TPSA) is 12.0 Å². The van der Waals surface area contributed by atoms with Crippen molar-refractivity contribution in [3.05, 3.63) is 35.6 Å². The number of rotatable bonds is 2. The van der Waals surface area contributed by atoms with Gasteiger partial charge < -0.3 is 5.32 Å². The van der Waals surface area contributed by atoms with Gasteiger partial charge in [-0.1, -0.05) is 24.6 Å². The van der Waals surface area contributed by atoms with E-state index in [1.165, 1.54) is 25.2 Å². The summed E-state index contributed by atoms with van der Waals surface area (Å²) in [5, 5.41) is 2.67. The van der Waals surface area contributed by atoms with Gasteiger partial charge >= 0.3 is 0 Å². The molecule has 1 nitrogen and oxygen atoms in total. The molecule has 0 aromatic heterocycles. The Hall–Kier alpha value is -1.03. The van der Waals surface area contributed by atoms with Crippen molar-refractivity contribution in [3.8, 4) is 0 Å². The molecule has 0 aliphatic heterocycles. The third kappa shape index (κ3) is 1.84. The SMILES string of the molecule is CN[C@]1(c2ccccc2F)CCCCC1(F)F. The first-order chi connectivity index (χ1) is 8.03. The van der Waals surface area contributed by atoms with Crippen LogP contribution in [0.15, 0.2) is 24.3 Å². The van der Waals surface area contributed by atoms with Gasteiger partial charge in [0.2, 0.25) is 0 Å². The number of halogens is 3. The first kappa shape index (κ1) is 12.4. The second-order valence-corrected chi connectivity index (χ2v) is 4.55. The van der Waals surface area contributed by atoms with Gasteiger partial charge in [0.05, 0.1) is 0 Å². The zero-order valence-corrected chi connectivity index (χ0v) is 9.77. The summed E-state index contributed by atoms with van der Waals surface area (Å²) in [6.07, 6.45) is 1.25. The average molecular weight is 243 g/mol. The van der Waals surface area contributed by atoms with Crippen LogP contribution in [0.3, 0.4) is 0 Å². The fraction of sp³-hybridized carbons (Fsp3) is 0.538. The van der Waals surface area contributed by atoms with Crippen molar-refractivity contribution in [1.29, 1.82) is 0 Å². The minimum absolute atomic E-state index is 0.0761. The maximum Gasteiger partial charge on any atom is 0.270 e. The molecule has 2 rings (SSSR count). The number of hydrogen-bond acceptors (Lipinski definition) is 1. The molecule has 0 saturated heterocycles. The van der Waals surface area contributed by atoms with Gasteiger partial charge in [0.1, 0.15) is 11.4 Å². The first-order valence-corrected chi connectivity index (χ1v) is 5.85. The molecule has 1 aliphatic rings. The van der Waals surface area contributed by atoms with Crippen LogP contribution in [0.4, 0.5) is 13.2 Å². The molecule has 0 radical (unpaired) electrons. The van der Waals surface area contributed by atoms with Crippen molar-refractivity contribution < 1.29 is 13.2 Å². The summed E-state index contributed by atoms with van der Waals surface area (Å²) in [4.78, 5) is 0. The highest BCUT2D eigenvalue weighted by Gasteiger charge is 2.55. The van der Waals surface area contributed by atoms with Crippen LogP contribution in [-0.4, -0.2) is 13.0 Å². The van der Waals surface area contributed by atoms with Crippen LogP contribution in [-0.2, 0) is 5.54 Å². The molecule has 17 heavy (non-hydrogen) atoms. The zero-order valence-electron chi connectivity index (χ0n) is 9.77. The molecule has 0 spiro atoms. The third-order valence-corrected chi connectivity index (χ3v) is 3.68. The van der Waals surface area contributed by atoms with Gasteiger partial charge in [0.25, 0.3) is 5.92 Å². The van der Waals surface area contributed by atoms with E-state index in [2.05, 4.69) is 5.32 Å². The minimum Gasteiger partial charge on any atom is -0.305 e. The van der Waals surface area contributed by atoms with E-state index in [0.29, 0.717) is 12.8 Å². The lowest BCUT2D eigenvalue weighted by molar-refractivity contribution is -0.120. The standard InChI is InChI=1S/C13H16F3N/c1-17-12(8-4-5-9-13(12,15)16)10-6-2-3-7-11(10)14/h2-3,6-7,17H,4-5,8-9H2,1H3/t12-/m0/s1. The van der Waals surface area contributed by atoms with E-state index in [0.717, 1.165) is 0 Å². The lowest BCUT2D eigenvalue weighted by Crippen LogP contribution is -2.56. The highest BCUT2D eigenvalue weighted by molar-refractivity contribution is 5.30. The Morgan fingerprint density at radius 2 is 1.76 bits per heavy atom. The van der Waals surface area contributed by atoms with Crippen molar-refractivity contribution >= 4 is 0 Å². The summed E-state index contributed by atoms with van der Waals surface area (Å²) < 4.78 is 42.1. The maximum atomic E-state index is 14.2. The predicted molar refractivity (Wildman–Crippen MR) is 60.6 cm³/mol. The monoisotopic (exact) mass is 243 g/mol. The second-order valence-electron chi connectivity index (χ2n) is 4.55. The lowest BCUT2D eigenvalue weighted by Gasteiger charge is -2.44. The van der Waals surface area contributed by atoms with Gasteiger partial charge in [0, 0.05) is 12.0 Å². The quantitative estimate of drug-likeness (QED) is 0.838. The summed E-state index contributed by atoms with van der Waals surface area (Å²) >= 11 is 0. The molecule has 0 heterocycles. The Kier molecular flexibility index (Phi) is 3.17. The van der Waals surface area contributed by atoms with Crippen LogP contribution >= 0.6 is 0 Å². The summed E-state index contributed by atoms with van der Waals surface area (Å²) in [5.41, 5.74) is -1.48. The van der Waals surface area contributed by atoms with Gasteiger partial charge in [-0.3, -0.25) is 0 Å². The predicted octanol–water partition coefficient (Wildman–Crippen LogP) is 3.45. The van der Waals surface area contributed by atoms with E-state index in [-0.39, 0.29) is 18.4 Å². The molecule has 1 fully saturated rings. The fourth-order valence-electron chi connectivity index (χ4n) is 2.72. The molecule has 4 heteroatoms. The van der Waals surface area contributed by atoms with Crippen LogP contribution in [0.2, 0.25) is 0 Å². The van der Waals surface area contributed by atoms with Crippen molar-refractivity contribution in [3.63, 3.8) is 0 Å². The van der Waals surface area contributed by atoms with E-state index in [1.807, 2.05) is 0 Å². The van der Waals surface area contributed by atoms with Crippen LogP contribution < -0.4 is 5.32 Å². The zero-order chi connectivity index (χ0) is 12.5. The van der Waals surface area contributed by atoms with Gasteiger partial charge in [-0.15, -0.1) is 0 Å². The van der Waals surface area contributed by atoms with Gasteiger partial charge in [0.15, 0.2) is 0 Å². The normalized spacial score (nSPS) is 28.0. The largest absolute Gasteiger partial charge is 0.305 e. The summed E-state index contributed by atoms with van der Waals surface area (Å²) in [6, 6.07) is 5.80. The van der Waals surface area contributed by atoms with Crippen molar-refractivity contribution in [2.45, 2.75) is 37.1 Å². The molecule has 1 aromatic rings. The van der Waals surface area contributed by atoms with E-state index in [1.54, 1.807) is 6.07 Å². The fourth-order valence-corrected chi connectivity index (χ4v) is 2.72. The molecule has 0 unspecified atom stereocenters. The van der Waals surface area contributed by atoms with Gasteiger partial charge in [-0.25, -0.2) is 13.2 Å². The first-order valence-electron chi connectivity index (χ1n) is 5.85. The molecule has 0 bridgehead atoms. The molecule has 1 saturated carbocycles. The van der Waals surface area contributed by atoms with Crippen molar-refractivity contribution in [1.82, 2.24) is 5.32 Å². The summed E-state index contributed by atoms with van der Waals surface area (Å²) in [6.45, 7) is 0. The highest BCUT2D eigenvalue weighted by atomic mass is 19.3. The minimum atomic E-state index is -2.91.